The molecule has 3 heteroatoms. The second kappa shape index (κ2) is 3.11. The lowest BCUT2D eigenvalue weighted by Gasteiger charge is -2.16. The lowest BCUT2D eigenvalue weighted by atomic mass is 10.3. The molecule has 0 amide bonds. The normalized spacial score (nSPS) is 14.9. The molecule has 0 unspecified atom stereocenters. The van der Waals surface area contributed by atoms with Crippen molar-refractivity contribution in [2.45, 2.75) is 6.42 Å². The van der Waals surface area contributed by atoms with Crippen LogP contribution in [0.1, 0.15) is 5.69 Å². The number of β-amino-alcohol motifs (C(OH)–C–C–N with tert-alkyl or cyclic N) is 1. The standard InChI is InChI=1S/C9H12N2O/c12-7-6-11-5-3-8-9(11)2-1-4-10-8/h1-2,4,12H,3,5-7H2. The molecule has 2 heterocycles. The van der Waals surface area contributed by atoms with Gasteiger partial charge in [0.2, 0.25) is 0 Å². The zero-order valence-corrected chi connectivity index (χ0v) is 6.90. The highest BCUT2D eigenvalue weighted by Gasteiger charge is 2.18. The van der Waals surface area contributed by atoms with Gasteiger partial charge in [-0.3, -0.25) is 4.98 Å². The van der Waals surface area contributed by atoms with Crippen LogP contribution in [0.25, 0.3) is 0 Å². The molecule has 3 nitrogen and oxygen atoms in total. The highest BCUT2D eigenvalue weighted by Crippen LogP contribution is 2.24. The van der Waals surface area contributed by atoms with Crippen LogP contribution in [0, 0.1) is 0 Å². The molecule has 1 aliphatic heterocycles. The van der Waals surface area contributed by atoms with Gasteiger partial charge in [-0.1, -0.05) is 0 Å². The van der Waals surface area contributed by atoms with E-state index < -0.39 is 0 Å². The molecule has 0 atom stereocenters. The smallest absolute Gasteiger partial charge is 0.0654 e. The molecule has 1 aliphatic rings. The van der Waals surface area contributed by atoms with Crippen molar-refractivity contribution in [3.05, 3.63) is 24.0 Å². The van der Waals surface area contributed by atoms with Crippen LogP contribution in [0.2, 0.25) is 0 Å². The Labute approximate surface area is 71.7 Å². The minimum atomic E-state index is 0.217. The zero-order chi connectivity index (χ0) is 8.39. The topological polar surface area (TPSA) is 36.4 Å². The van der Waals surface area contributed by atoms with E-state index in [1.54, 1.807) is 0 Å². The lowest BCUT2D eigenvalue weighted by molar-refractivity contribution is 0.303. The van der Waals surface area contributed by atoms with E-state index in [4.69, 9.17) is 5.11 Å². The largest absolute Gasteiger partial charge is 0.395 e. The monoisotopic (exact) mass is 164 g/mol. The third-order valence-electron chi connectivity index (χ3n) is 2.20. The Morgan fingerprint density at radius 1 is 1.58 bits per heavy atom. The summed E-state index contributed by atoms with van der Waals surface area (Å²) in [5.74, 6) is 0. The molecule has 0 bridgehead atoms. The van der Waals surface area contributed by atoms with Crippen molar-refractivity contribution >= 4 is 5.69 Å². The zero-order valence-electron chi connectivity index (χ0n) is 6.90. The lowest BCUT2D eigenvalue weighted by Crippen LogP contribution is -2.23. The van der Waals surface area contributed by atoms with E-state index in [1.165, 1.54) is 5.69 Å². The molecule has 64 valence electrons. The van der Waals surface area contributed by atoms with Gasteiger partial charge in [-0.2, -0.15) is 0 Å². The highest BCUT2D eigenvalue weighted by atomic mass is 16.3. The molecule has 0 saturated carbocycles. The van der Waals surface area contributed by atoms with Crippen molar-refractivity contribution in [3.63, 3.8) is 0 Å². The summed E-state index contributed by atoms with van der Waals surface area (Å²) < 4.78 is 0. The molecule has 0 saturated heterocycles. The summed E-state index contributed by atoms with van der Waals surface area (Å²) in [4.78, 5) is 6.44. The maximum absolute atomic E-state index is 8.79. The van der Waals surface area contributed by atoms with E-state index in [-0.39, 0.29) is 6.61 Å². The second-order valence-electron chi connectivity index (χ2n) is 2.93. The average Bonchev–Trinajstić information content (AvgIpc) is 2.50. The van der Waals surface area contributed by atoms with Crippen LogP contribution >= 0.6 is 0 Å². The molecule has 1 aromatic heterocycles. The first kappa shape index (κ1) is 7.55. The van der Waals surface area contributed by atoms with Crippen LogP contribution in [0.15, 0.2) is 18.3 Å². The van der Waals surface area contributed by atoms with E-state index in [1.807, 2.05) is 12.3 Å². The number of pyridine rings is 1. The van der Waals surface area contributed by atoms with Crippen LogP contribution in [0.4, 0.5) is 5.69 Å². The number of nitrogens with zero attached hydrogens (tertiary/aromatic N) is 2. The Balaban J connectivity index is 2.24. The van der Waals surface area contributed by atoms with Crippen LogP contribution in [0.5, 0.6) is 0 Å². The van der Waals surface area contributed by atoms with E-state index >= 15 is 0 Å². The predicted molar refractivity (Wildman–Crippen MR) is 47.2 cm³/mol. The average molecular weight is 164 g/mol. The van der Waals surface area contributed by atoms with Crippen LogP contribution < -0.4 is 4.90 Å². The van der Waals surface area contributed by atoms with Crippen molar-refractivity contribution in [1.82, 2.24) is 4.98 Å². The summed E-state index contributed by atoms with van der Waals surface area (Å²) in [5.41, 5.74) is 2.34. The van der Waals surface area contributed by atoms with Gasteiger partial charge in [0, 0.05) is 25.7 Å². The van der Waals surface area contributed by atoms with Gasteiger partial charge in [-0.05, 0) is 12.1 Å². The van der Waals surface area contributed by atoms with Crippen molar-refractivity contribution in [3.8, 4) is 0 Å². The molecule has 0 aromatic carbocycles. The first-order chi connectivity index (χ1) is 5.92. The van der Waals surface area contributed by atoms with Gasteiger partial charge in [-0.25, -0.2) is 0 Å². The fourth-order valence-corrected chi connectivity index (χ4v) is 1.62. The molecule has 0 aliphatic carbocycles. The summed E-state index contributed by atoms with van der Waals surface area (Å²) in [6.07, 6.45) is 2.83. The van der Waals surface area contributed by atoms with Crippen molar-refractivity contribution in [2.24, 2.45) is 0 Å². The number of hydrogen-bond donors (Lipinski definition) is 1. The van der Waals surface area contributed by atoms with E-state index in [2.05, 4.69) is 16.0 Å². The molecule has 0 radical (unpaired) electrons. The Hall–Kier alpha value is -1.09. The SMILES string of the molecule is OCCN1CCc2ncccc21. The van der Waals surface area contributed by atoms with Crippen LogP contribution in [-0.2, 0) is 6.42 Å². The second-order valence-corrected chi connectivity index (χ2v) is 2.93. The Kier molecular flexibility index (Phi) is 1.96. The van der Waals surface area contributed by atoms with Gasteiger partial charge in [-0.15, -0.1) is 0 Å². The summed E-state index contributed by atoms with van der Waals surface area (Å²) in [5, 5.41) is 8.79. The Morgan fingerprint density at radius 2 is 2.50 bits per heavy atom. The maximum Gasteiger partial charge on any atom is 0.0654 e. The number of hydrogen-bond acceptors (Lipinski definition) is 3. The number of fused-ring (bicyclic) bond motifs is 1. The summed E-state index contributed by atoms with van der Waals surface area (Å²) in [6, 6.07) is 4.00. The first-order valence-corrected chi connectivity index (χ1v) is 4.21. The highest BCUT2D eigenvalue weighted by molar-refractivity contribution is 5.54. The van der Waals surface area contributed by atoms with Gasteiger partial charge in [0.05, 0.1) is 18.0 Å². The maximum atomic E-state index is 8.79. The quantitative estimate of drug-likeness (QED) is 0.689. The van der Waals surface area contributed by atoms with E-state index in [9.17, 15) is 0 Å². The van der Waals surface area contributed by atoms with E-state index in [0.29, 0.717) is 0 Å². The van der Waals surface area contributed by atoms with Gasteiger partial charge >= 0.3 is 0 Å². The molecular formula is C9H12N2O. The van der Waals surface area contributed by atoms with Crippen molar-refractivity contribution in [1.29, 1.82) is 0 Å². The number of rotatable bonds is 2. The van der Waals surface area contributed by atoms with Crippen LogP contribution in [-0.4, -0.2) is 29.8 Å². The Morgan fingerprint density at radius 3 is 3.33 bits per heavy atom. The van der Waals surface area contributed by atoms with Gasteiger partial charge in [0.15, 0.2) is 0 Å². The molecule has 0 fully saturated rings. The first-order valence-electron chi connectivity index (χ1n) is 4.21. The number of aromatic nitrogens is 1. The van der Waals surface area contributed by atoms with Crippen LogP contribution in [0.3, 0.4) is 0 Å². The molecule has 1 N–H and O–H groups in total. The Bertz CT molecular complexity index is 273. The minimum Gasteiger partial charge on any atom is -0.395 e. The third kappa shape index (κ3) is 1.16. The summed E-state index contributed by atoms with van der Waals surface area (Å²) >= 11 is 0. The molecular weight excluding hydrogens is 152 g/mol. The fraction of sp³-hybridized carbons (Fsp3) is 0.444. The van der Waals surface area contributed by atoms with E-state index in [0.717, 1.165) is 25.2 Å². The third-order valence-corrected chi connectivity index (χ3v) is 2.20. The number of aliphatic hydroxyl groups excluding tert-OH is 1. The van der Waals surface area contributed by atoms with Gasteiger partial charge < -0.3 is 10.0 Å². The molecule has 12 heavy (non-hydrogen) atoms. The minimum absolute atomic E-state index is 0.217. The number of anilines is 1. The molecule has 1 aromatic rings. The fourth-order valence-electron chi connectivity index (χ4n) is 1.62. The summed E-state index contributed by atoms with van der Waals surface area (Å²) in [6.45, 7) is 1.93. The molecule has 0 spiro atoms. The van der Waals surface area contributed by atoms with Gasteiger partial charge in [0.25, 0.3) is 0 Å². The van der Waals surface area contributed by atoms with Crippen molar-refractivity contribution < 1.29 is 5.11 Å². The predicted octanol–water partition coefficient (Wildman–Crippen LogP) is 0.436. The van der Waals surface area contributed by atoms with Crippen molar-refractivity contribution in [2.75, 3.05) is 24.6 Å². The van der Waals surface area contributed by atoms with Gasteiger partial charge in [0.1, 0.15) is 0 Å². The molecule has 2 rings (SSSR count). The number of aliphatic hydroxyl groups is 1. The summed E-state index contributed by atoms with van der Waals surface area (Å²) in [7, 11) is 0.